The molecule has 0 aromatic heterocycles. The molecule has 0 N–H and O–H groups in total. The van der Waals surface area contributed by atoms with E-state index in [1.54, 1.807) is 65.6 Å². The Bertz CT molecular complexity index is 1290. The molecule has 2 aliphatic rings. The third-order valence-electron chi connectivity index (χ3n) is 6.32. The molecule has 0 radical (unpaired) electrons. The van der Waals surface area contributed by atoms with Gasteiger partial charge >= 0.3 is 0 Å². The van der Waals surface area contributed by atoms with Crippen LogP contribution in [-0.2, 0) is 20.6 Å². The molecule has 2 aliphatic heterocycles. The second-order valence-corrected chi connectivity index (χ2v) is 10.5. The highest BCUT2D eigenvalue weighted by molar-refractivity contribution is 7.92. The van der Waals surface area contributed by atoms with Crippen LogP contribution in [0.4, 0.5) is 15.8 Å². The lowest BCUT2D eigenvalue weighted by molar-refractivity contribution is -0.138. The third kappa shape index (κ3) is 4.95. The molecule has 35 heavy (non-hydrogen) atoms. The molecule has 0 aliphatic carbocycles. The van der Waals surface area contributed by atoms with Crippen molar-refractivity contribution in [2.45, 2.75) is 11.9 Å². The van der Waals surface area contributed by atoms with Gasteiger partial charge in [0, 0.05) is 31.9 Å². The van der Waals surface area contributed by atoms with Crippen LogP contribution in [-0.4, -0.2) is 58.1 Å². The number of para-hydroxylation sites is 2. The van der Waals surface area contributed by atoms with E-state index in [1.165, 1.54) is 16.4 Å². The van der Waals surface area contributed by atoms with E-state index in [9.17, 15) is 17.6 Å². The van der Waals surface area contributed by atoms with Crippen LogP contribution >= 0.6 is 0 Å². The number of ether oxygens (including phenoxy) is 1. The van der Waals surface area contributed by atoms with Gasteiger partial charge in [-0.3, -0.25) is 9.10 Å². The number of carbonyl (C=O) groups is 1. The van der Waals surface area contributed by atoms with Crippen molar-refractivity contribution in [2.24, 2.45) is 0 Å². The summed E-state index contributed by atoms with van der Waals surface area (Å²) in [5.74, 6) is -0.319. The predicted molar refractivity (Wildman–Crippen MR) is 132 cm³/mol. The van der Waals surface area contributed by atoms with Crippen LogP contribution in [0.25, 0.3) is 0 Å². The van der Waals surface area contributed by atoms with Gasteiger partial charge < -0.3 is 14.5 Å². The Morgan fingerprint density at radius 2 is 1.54 bits per heavy atom. The van der Waals surface area contributed by atoms with Gasteiger partial charge in [0.1, 0.15) is 11.6 Å². The van der Waals surface area contributed by atoms with Gasteiger partial charge in [-0.2, -0.15) is 0 Å². The Labute approximate surface area is 204 Å². The molecule has 0 saturated carbocycles. The zero-order valence-corrected chi connectivity index (χ0v) is 19.9. The van der Waals surface area contributed by atoms with Crippen molar-refractivity contribution >= 4 is 27.3 Å². The fourth-order valence-electron chi connectivity index (χ4n) is 4.50. The summed E-state index contributed by atoms with van der Waals surface area (Å²) in [6.07, 6.45) is -0.937. The first-order chi connectivity index (χ1) is 16.9. The van der Waals surface area contributed by atoms with Crippen molar-refractivity contribution in [3.05, 3.63) is 90.2 Å². The van der Waals surface area contributed by atoms with Crippen molar-refractivity contribution < 1.29 is 22.3 Å². The summed E-state index contributed by atoms with van der Waals surface area (Å²) < 4.78 is 47.3. The van der Waals surface area contributed by atoms with Crippen molar-refractivity contribution in [2.75, 3.05) is 41.9 Å². The molecule has 5 rings (SSSR count). The second kappa shape index (κ2) is 9.58. The van der Waals surface area contributed by atoms with E-state index in [2.05, 4.69) is 4.90 Å². The average Bonchev–Trinajstić information content (AvgIpc) is 2.88. The van der Waals surface area contributed by atoms with Crippen LogP contribution in [0.15, 0.2) is 78.9 Å². The van der Waals surface area contributed by atoms with Crippen LogP contribution in [0.1, 0.15) is 5.56 Å². The minimum Gasteiger partial charge on any atom is -0.476 e. The summed E-state index contributed by atoms with van der Waals surface area (Å²) >= 11 is 0. The number of benzene rings is 3. The van der Waals surface area contributed by atoms with Crippen molar-refractivity contribution in [1.82, 2.24) is 4.90 Å². The highest BCUT2D eigenvalue weighted by atomic mass is 32.2. The zero-order valence-electron chi connectivity index (χ0n) is 19.1. The SMILES string of the molecule is O=C([C@@H]1CN(S(=O)(=O)Cc2ccccc2)c2ccccc2O1)N1CCN(c2ccc(F)cc2)CC1. The Morgan fingerprint density at radius 1 is 0.886 bits per heavy atom. The lowest BCUT2D eigenvalue weighted by Crippen LogP contribution is -2.56. The van der Waals surface area contributed by atoms with Crippen molar-refractivity contribution in [3.63, 3.8) is 0 Å². The lowest BCUT2D eigenvalue weighted by atomic mass is 10.2. The zero-order chi connectivity index (χ0) is 24.4. The largest absolute Gasteiger partial charge is 0.476 e. The van der Waals surface area contributed by atoms with Crippen molar-refractivity contribution in [1.29, 1.82) is 0 Å². The summed E-state index contributed by atoms with van der Waals surface area (Å²) in [7, 11) is -3.75. The van der Waals surface area contributed by atoms with Crippen LogP contribution in [0.2, 0.25) is 0 Å². The normalized spacial score (nSPS) is 18.1. The fraction of sp³-hybridized carbons (Fsp3) is 0.269. The molecule has 1 saturated heterocycles. The number of fused-ring (bicyclic) bond motifs is 1. The van der Waals surface area contributed by atoms with E-state index >= 15 is 0 Å². The first-order valence-corrected chi connectivity index (χ1v) is 13.1. The third-order valence-corrected chi connectivity index (χ3v) is 8.04. The molecular formula is C26H26FN3O4S. The maximum atomic E-state index is 13.4. The molecule has 0 spiro atoms. The number of anilines is 2. The van der Waals surface area contributed by atoms with Gasteiger partial charge in [0.25, 0.3) is 5.91 Å². The first-order valence-electron chi connectivity index (χ1n) is 11.5. The summed E-state index contributed by atoms with van der Waals surface area (Å²) in [5, 5.41) is 0. The molecule has 1 atom stereocenters. The minimum absolute atomic E-state index is 0.0802. The summed E-state index contributed by atoms with van der Waals surface area (Å²) in [6.45, 7) is 2.04. The number of carbonyl (C=O) groups excluding carboxylic acids is 1. The molecule has 2 heterocycles. The highest BCUT2D eigenvalue weighted by Gasteiger charge is 2.39. The van der Waals surface area contributed by atoms with Crippen LogP contribution in [0, 0.1) is 5.82 Å². The molecular weight excluding hydrogens is 469 g/mol. The van der Waals surface area contributed by atoms with E-state index in [4.69, 9.17) is 4.74 Å². The standard InChI is InChI=1S/C26H26FN3O4S/c27-21-10-12-22(13-11-21)28-14-16-29(17-15-28)26(31)25-18-30(23-8-4-5-9-24(23)34-25)35(32,33)19-20-6-2-1-3-7-20/h1-13,25H,14-19H2/t25-/m0/s1. The van der Waals surface area contributed by atoms with E-state index < -0.39 is 16.1 Å². The minimum atomic E-state index is -3.75. The van der Waals surface area contributed by atoms with Gasteiger partial charge in [0.15, 0.2) is 6.10 Å². The Balaban J connectivity index is 1.31. The molecule has 3 aromatic carbocycles. The van der Waals surface area contributed by atoms with Gasteiger partial charge in [0.2, 0.25) is 10.0 Å². The summed E-state index contributed by atoms with van der Waals surface area (Å²) in [5.41, 5.74) is 2.02. The second-order valence-electron chi connectivity index (χ2n) is 8.64. The van der Waals surface area contributed by atoms with Gasteiger partial charge in [-0.1, -0.05) is 42.5 Å². The monoisotopic (exact) mass is 495 g/mol. The molecule has 7 nitrogen and oxygen atoms in total. The quantitative estimate of drug-likeness (QED) is 0.544. The number of nitrogens with zero attached hydrogens (tertiary/aromatic N) is 3. The van der Waals surface area contributed by atoms with E-state index in [1.807, 2.05) is 6.07 Å². The van der Waals surface area contributed by atoms with Crippen LogP contribution in [0.3, 0.4) is 0 Å². The van der Waals surface area contributed by atoms with Gasteiger partial charge in [0.05, 0.1) is 18.0 Å². The number of hydrogen-bond donors (Lipinski definition) is 0. The number of hydrogen-bond acceptors (Lipinski definition) is 5. The Hall–Kier alpha value is -3.59. The average molecular weight is 496 g/mol. The number of halogens is 1. The fourth-order valence-corrected chi connectivity index (χ4v) is 6.08. The summed E-state index contributed by atoms with van der Waals surface area (Å²) in [4.78, 5) is 17.2. The number of sulfonamides is 1. The molecule has 0 bridgehead atoms. The number of piperazine rings is 1. The van der Waals surface area contributed by atoms with Gasteiger partial charge in [-0.15, -0.1) is 0 Å². The summed E-state index contributed by atoms with van der Waals surface area (Å²) in [6, 6.07) is 22.2. The molecule has 182 valence electrons. The number of amides is 1. The van der Waals surface area contributed by atoms with Gasteiger partial charge in [-0.25, -0.2) is 12.8 Å². The van der Waals surface area contributed by atoms with Crippen LogP contribution < -0.4 is 13.9 Å². The van der Waals surface area contributed by atoms with E-state index in [0.717, 1.165) is 5.69 Å². The topological polar surface area (TPSA) is 70.2 Å². The smallest absolute Gasteiger partial charge is 0.265 e. The van der Waals surface area contributed by atoms with Gasteiger partial charge in [-0.05, 0) is 42.0 Å². The molecule has 1 amide bonds. The predicted octanol–water partition coefficient (Wildman–Crippen LogP) is 3.27. The number of rotatable bonds is 5. The maximum absolute atomic E-state index is 13.4. The highest BCUT2D eigenvalue weighted by Crippen LogP contribution is 2.36. The van der Waals surface area contributed by atoms with Crippen LogP contribution in [0.5, 0.6) is 5.75 Å². The first kappa shape index (κ1) is 23.2. The maximum Gasteiger partial charge on any atom is 0.265 e. The molecule has 9 heteroatoms. The van der Waals surface area contributed by atoms with E-state index in [-0.39, 0.29) is 24.0 Å². The lowest BCUT2D eigenvalue weighted by Gasteiger charge is -2.40. The Kier molecular flexibility index (Phi) is 6.34. The van der Waals surface area contributed by atoms with Crippen molar-refractivity contribution in [3.8, 4) is 5.75 Å². The molecule has 1 fully saturated rings. The Morgan fingerprint density at radius 3 is 2.26 bits per heavy atom. The molecule has 0 unspecified atom stereocenters. The molecule has 3 aromatic rings. The van der Waals surface area contributed by atoms with E-state index in [0.29, 0.717) is 43.2 Å².